The van der Waals surface area contributed by atoms with Crippen molar-refractivity contribution < 1.29 is 14.2 Å². The predicted octanol–water partition coefficient (Wildman–Crippen LogP) is 1.76. The van der Waals surface area contributed by atoms with Crippen molar-refractivity contribution in [2.45, 2.75) is 19.4 Å². The Morgan fingerprint density at radius 3 is 2.77 bits per heavy atom. The first-order valence-corrected chi connectivity index (χ1v) is 4.14. The minimum absolute atomic E-state index is 0.225. The Morgan fingerprint density at radius 1 is 1.54 bits per heavy atom. The molecule has 2 nitrogen and oxygen atoms in total. The molecule has 3 heteroatoms. The molecule has 1 N–H and O–H groups in total. The molecule has 72 valence electrons. The van der Waals surface area contributed by atoms with Crippen molar-refractivity contribution in [1.29, 1.82) is 0 Å². The second kappa shape index (κ2) is 4.23. The van der Waals surface area contributed by atoms with Gasteiger partial charge in [-0.05, 0) is 18.6 Å². The van der Waals surface area contributed by atoms with Crippen molar-refractivity contribution in [2.24, 2.45) is 0 Å². The third kappa shape index (κ3) is 2.42. The maximum Gasteiger partial charge on any atom is 0.165 e. The number of aliphatic hydroxyl groups is 1. The van der Waals surface area contributed by atoms with Crippen LogP contribution in [-0.4, -0.2) is 18.3 Å². The van der Waals surface area contributed by atoms with Crippen LogP contribution in [0.25, 0.3) is 0 Å². The second-order valence-corrected chi connectivity index (χ2v) is 2.99. The first kappa shape index (κ1) is 9.99. The van der Waals surface area contributed by atoms with Gasteiger partial charge in [-0.2, -0.15) is 0 Å². The van der Waals surface area contributed by atoms with Gasteiger partial charge in [0.2, 0.25) is 0 Å². The third-order valence-electron chi connectivity index (χ3n) is 1.77. The molecule has 0 aliphatic rings. The number of halogens is 1. The van der Waals surface area contributed by atoms with E-state index in [9.17, 15) is 4.39 Å². The maximum atomic E-state index is 13.1. The van der Waals surface area contributed by atoms with E-state index in [2.05, 4.69) is 0 Å². The van der Waals surface area contributed by atoms with Gasteiger partial charge < -0.3 is 9.84 Å². The topological polar surface area (TPSA) is 29.5 Å². The highest BCUT2D eigenvalue weighted by molar-refractivity contribution is 5.35. The van der Waals surface area contributed by atoms with Crippen LogP contribution in [-0.2, 0) is 6.42 Å². The summed E-state index contributed by atoms with van der Waals surface area (Å²) in [6, 6.07) is 4.69. The van der Waals surface area contributed by atoms with E-state index in [1.807, 2.05) is 0 Å². The number of ether oxygens (including phenoxy) is 1. The first-order chi connectivity index (χ1) is 6.15. The summed E-state index contributed by atoms with van der Waals surface area (Å²) in [6.45, 7) is 1.66. The summed E-state index contributed by atoms with van der Waals surface area (Å²) < 4.78 is 18.0. The SMILES string of the molecule is COc1c(F)cccc1CC(C)O. The van der Waals surface area contributed by atoms with Crippen LogP contribution in [0.5, 0.6) is 5.75 Å². The molecule has 13 heavy (non-hydrogen) atoms. The molecule has 0 aromatic heterocycles. The minimum Gasteiger partial charge on any atom is -0.493 e. The van der Waals surface area contributed by atoms with Gasteiger partial charge in [0.05, 0.1) is 13.2 Å². The number of rotatable bonds is 3. The Bertz CT molecular complexity index is 284. The van der Waals surface area contributed by atoms with Gasteiger partial charge in [-0.25, -0.2) is 4.39 Å². The largest absolute Gasteiger partial charge is 0.493 e. The molecule has 0 aliphatic heterocycles. The monoisotopic (exact) mass is 184 g/mol. The molecule has 0 bridgehead atoms. The molecule has 1 unspecified atom stereocenters. The maximum absolute atomic E-state index is 13.1. The zero-order valence-electron chi connectivity index (χ0n) is 7.75. The lowest BCUT2D eigenvalue weighted by molar-refractivity contribution is 0.194. The quantitative estimate of drug-likeness (QED) is 0.775. The molecule has 0 radical (unpaired) electrons. The average molecular weight is 184 g/mol. The summed E-state index contributed by atoms with van der Waals surface area (Å²) in [5.41, 5.74) is 0.692. The molecule has 0 amide bonds. The van der Waals surface area contributed by atoms with E-state index >= 15 is 0 Å². The van der Waals surface area contributed by atoms with Crippen molar-refractivity contribution in [2.75, 3.05) is 7.11 Å². The number of hydrogen-bond acceptors (Lipinski definition) is 2. The van der Waals surface area contributed by atoms with E-state index < -0.39 is 6.10 Å². The van der Waals surface area contributed by atoms with Gasteiger partial charge in [0.15, 0.2) is 11.6 Å². The summed E-state index contributed by atoms with van der Waals surface area (Å²) in [5, 5.41) is 9.14. The molecule has 1 aromatic carbocycles. The molecule has 0 fully saturated rings. The lowest BCUT2D eigenvalue weighted by Gasteiger charge is -2.10. The van der Waals surface area contributed by atoms with Gasteiger partial charge in [-0.1, -0.05) is 12.1 Å². The lowest BCUT2D eigenvalue weighted by Crippen LogP contribution is -2.06. The normalized spacial score (nSPS) is 12.6. The smallest absolute Gasteiger partial charge is 0.165 e. The standard InChI is InChI=1S/C10H13FO2/c1-7(12)6-8-4-3-5-9(11)10(8)13-2/h3-5,7,12H,6H2,1-2H3. The number of hydrogen-bond donors (Lipinski definition) is 1. The predicted molar refractivity (Wildman–Crippen MR) is 48.3 cm³/mol. The Morgan fingerprint density at radius 2 is 2.23 bits per heavy atom. The van der Waals surface area contributed by atoms with Crippen LogP contribution in [0.3, 0.4) is 0 Å². The van der Waals surface area contributed by atoms with Crippen LogP contribution in [0.1, 0.15) is 12.5 Å². The van der Waals surface area contributed by atoms with Gasteiger partial charge in [0, 0.05) is 6.42 Å². The number of benzene rings is 1. The molecule has 0 spiro atoms. The molecule has 1 atom stereocenters. The zero-order valence-corrected chi connectivity index (χ0v) is 7.75. The van der Waals surface area contributed by atoms with E-state index in [0.29, 0.717) is 12.0 Å². The highest BCUT2D eigenvalue weighted by Gasteiger charge is 2.09. The Hall–Kier alpha value is -1.09. The van der Waals surface area contributed by atoms with Gasteiger partial charge in [-0.3, -0.25) is 0 Å². The van der Waals surface area contributed by atoms with Crippen molar-refractivity contribution in [3.63, 3.8) is 0 Å². The minimum atomic E-state index is -0.490. The van der Waals surface area contributed by atoms with Gasteiger partial charge in [-0.15, -0.1) is 0 Å². The van der Waals surface area contributed by atoms with E-state index in [1.165, 1.54) is 13.2 Å². The van der Waals surface area contributed by atoms with Crippen LogP contribution >= 0.6 is 0 Å². The molecule has 1 aromatic rings. The van der Waals surface area contributed by atoms with Crippen molar-refractivity contribution in [3.8, 4) is 5.75 Å². The summed E-state index contributed by atoms with van der Waals surface area (Å²) >= 11 is 0. The van der Waals surface area contributed by atoms with Gasteiger partial charge >= 0.3 is 0 Å². The average Bonchev–Trinajstić information content (AvgIpc) is 2.03. The zero-order chi connectivity index (χ0) is 9.84. The fourth-order valence-electron chi connectivity index (χ4n) is 1.26. The lowest BCUT2D eigenvalue weighted by atomic mass is 10.1. The molecular formula is C10H13FO2. The molecule has 0 heterocycles. The second-order valence-electron chi connectivity index (χ2n) is 2.99. The van der Waals surface area contributed by atoms with Crippen LogP contribution in [0.4, 0.5) is 4.39 Å². The van der Waals surface area contributed by atoms with Crippen molar-refractivity contribution in [1.82, 2.24) is 0 Å². The molecule has 0 saturated heterocycles. The van der Waals surface area contributed by atoms with E-state index in [4.69, 9.17) is 9.84 Å². The summed E-state index contributed by atoms with van der Waals surface area (Å²) in [4.78, 5) is 0. The molecule has 0 aliphatic carbocycles. The van der Waals surface area contributed by atoms with Crippen LogP contribution in [0.15, 0.2) is 18.2 Å². The van der Waals surface area contributed by atoms with Gasteiger partial charge in [0.25, 0.3) is 0 Å². The highest BCUT2D eigenvalue weighted by atomic mass is 19.1. The number of aliphatic hydroxyl groups excluding tert-OH is 1. The van der Waals surface area contributed by atoms with E-state index in [0.717, 1.165) is 0 Å². The fourth-order valence-corrected chi connectivity index (χ4v) is 1.26. The molecule has 1 rings (SSSR count). The summed E-state index contributed by atoms with van der Waals surface area (Å²) in [6.07, 6.45) is -0.0864. The first-order valence-electron chi connectivity index (χ1n) is 4.14. The van der Waals surface area contributed by atoms with Crippen molar-refractivity contribution in [3.05, 3.63) is 29.6 Å². The number of para-hydroxylation sites is 1. The summed E-state index contributed by atoms with van der Waals surface area (Å²) in [5.74, 6) is -0.163. The van der Waals surface area contributed by atoms with Crippen LogP contribution < -0.4 is 4.74 Å². The van der Waals surface area contributed by atoms with Crippen LogP contribution in [0, 0.1) is 5.82 Å². The van der Waals surface area contributed by atoms with Crippen LogP contribution in [0.2, 0.25) is 0 Å². The number of methoxy groups -OCH3 is 1. The molecular weight excluding hydrogens is 171 g/mol. The Labute approximate surface area is 77.0 Å². The Kier molecular flexibility index (Phi) is 3.25. The summed E-state index contributed by atoms with van der Waals surface area (Å²) in [7, 11) is 1.42. The van der Waals surface area contributed by atoms with E-state index in [1.54, 1.807) is 19.1 Å². The third-order valence-corrected chi connectivity index (χ3v) is 1.77. The van der Waals surface area contributed by atoms with E-state index in [-0.39, 0.29) is 11.6 Å². The molecule has 0 saturated carbocycles. The van der Waals surface area contributed by atoms with Crippen molar-refractivity contribution >= 4 is 0 Å². The fraction of sp³-hybridized carbons (Fsp3) is 0.400. The van der Waals surface area contributed by atoms with Gasteiger partial charge in [0.1, 0.15) is 0 Å². The Balaban J connectivity index is 2.98. The highest BCUT2D eigenvalue weighted by Crippen LogP contribution is 2.23.